The zero-order valence-electron chi connectivity index (χ0n) is 21.3. The van der Waals surface area contributed by atoms with Crippen LogP contribution < -0.4 is 14.4 Å². The first-order chi connectivity index (χ1) is 15.5. The third kappa shape index (κ3) is 4.64. The molecule has 1 aliphatic heterocycles. The van der Waals surface area contributed by atoms with E-state index in [1.165, 1.54) is 28.1 Å². The summed E-state index contributed by atoms with van der Waals surface area (Å²) in [6, 6.07) is 12.5. The normalized spacial score (nSPS) is 16.6. The third-order valence-corrected chi connectivity index (χ3v) is 6.93. The summed E-state index contributed by atoms with van der Waals surface area (Å²) < 4.78 is 10.9. The number of methoxy groups -OCH3 is 2. The van der Waals surface area contributed by atoms with Crippen LogP contribution in [0.3, 0.4) is 0 Å². The molecule has 33 heavy (non-hydrogen) atoms. The van der Waals surface area contributed by atoms with Gasteiger partial charge in [0.25, 0.3) is 0 Å². The van der Waals surface area contributed by atoms with Crippen LogP contribution in [0, 0.1) is 6.92 Å². The van der Waals surface area contributed by atoms with Crippen molar-refractivity contribution in [2.45, 2.75) is 45.4 Å². The quantitative estimate of drug-likeness (QED) is 0.420. The number of likely N-dealkylation sites (N-methyl/N-ethyl adjacent to an activating group) is 1. The van der Waals surface area contributed by atoms with Gasteiger partial charge in [-0.25, -0.2) is 0 Å². The van der Waals surface area contributed by atoms with E-state index in [1.807, 2.05) is 12.1 Å². The summed E-state index contributed by atoms with van der Waals surface area (Å²) in [7, 11) is 5.54. The van der Waals surface area contributed by atoms with E-state index < -0.39 is 0 Å². The lowest BCUT2D eigenvalue weighted by molar-refractivity contribution is 0.413. The van der Waals surface area contributed by atoms with Crippen LogP contribution in [0.25, 0.3) is 0 Å². The summed E-state index contributed by atoms with van der Waals surface area (Å²) in [5.41, 5.74) is 6.97. The monoisotopic (exact) mass is 443 g/mol. The molecule has 0 aliphatic carbocycles. The molecule has 0 N–H and O–H groups in total. The Kier molecular flexibility index (Phi) is 6.92. The second-order valence-corrected chi connectivity index (χ2v) is 9.69. The summed E-state index contributed by atoms with van der Waals surface area (Å²) in [6.45, 7) is 15.4. The highest BCUT2D eigenvalue weighted by molar-refractivity contribution is 5.71. The minimum Gasteiger partial charge on any atom is -0.497 e. The standard InChI is InChI=1S/C30H37NO2/c1-21-15-16-23(32-8)19-25(21)29(3,4)22(2)13-11-10-12-14-28-30(5,6)26-20-24(33-9)17-18-27(26)31(28)7/h10-20H,2H2,1,3-9H3/b12-10+,13-11+,28-14+. The minimum atomic E-state index is -0.199. The van der Waals surface area contributed by atoms with Crippen molar-refractivity contribution < 1.29 is 9.47 Å². The molecule has 0 saturated carbocycles. The smallest absolute Gasteiger partial charge is 0.119 e. The van der Waals surface area contributed by atoms with Crippen LogP contribution in [0.4, 0.5) is 5.69 Å². The lowest BCUT2D eigenvalue weighted by Gasteiger charge is -2.28. The SMILES string of the molecule is C=C(/C=C/C=C/C=C1/N(C)c2ccc(OC)cc2C1(C)C)C(C)(C)c1cc(OC)ccc1C. The Hall–Kier alpha value is -3.20. The highest BCUT2D eigenvalue weighted by Gasteiger charge is 2.38. The van der Waals surface area contributed by atoms with E-state index in [1.54, 1.807) is 14.2 Å². The van der Waals surface area contributed by atoms with Crippen molar-refractivity contribution in [2.75, 3.05) is 26.2 Å². The predicted molar refractivity (Wildman–Crippen MR) is 141 cm³/mol. The fourth-order valence-corrected chi connectivity index (χ4v) is 4.61. The van der Waals surface area contributed by atoms with Gasteiger partial charge in [0.15, 0.2) is 0 Å². The second-order valence-electron chi connectivity index (χ2n) is 9.69. The van der Waals surface area contributed by atoms with Crippen molar-refractivity contribution in [3.8, 4) is 11.5 Å². The maximum Gasteiger partial charge on any atom is 0.119 e. The Labute approximate surface area is 199 Å². The first kappa shape index (κ1) is 24.4. The van der Waals surface area contributed by atoms with Gasteiger partial charge in [0.2, 0.25) is 0 Å². The molecule has 2 aromatic rings. The average molecular weight is 444 g/mol. The van der Waals surface area contributed by atoms with E-state index >= 15 is 0 Å². The topological polar surface area (TPSA) is 21.7 Å². The zero-order chi connectivity index (χ0) is 24.4. The zero-order valence-corrected chi connectivity index (χ0v) is 21.3. The van der Waals surface area contributed by atoms with Gasteiger partial charge >= 0.3 is 0 Å². The first-order valence-corrected chi connectivity index (χ1v) is 11.4. The molecule has 3 rings (SSSR count). The molecule has 0 amide bonds. The molecule has 1 aliphatic rings. The van der Waals surface area contributed by atoms with Gasteiger partial charge in [-0.2, -0.15) is 0 Å². The fraction of sp³-hybridized carbons (Fsp3) is 0.333. The average Bonchev–Trinajstić information content (AvgIpc) is 2.98. The van der Waals surface area contributed by atoms with Crippen molar-refractivity contribution >= 4 is 5.69 Å². The van der Waals surface area contributed by atoms with Crippen molar-refractivity contribution in [1.29, 1.82) is 0 Å². The van der Waals surface area contributed by atoms with Gasteiger partial charge < -0.3 is 14.4 Å². The van der Waals surface area contributed by atoms with Crippen LogP contribution in [0.15, 0.2) is 84.6 Å². The first-order valence-electron chi connectivity index (χ1n) is 11.4. The van der Waals surface area contributed by atoms with Crippen molar-refractivity contribution in [1.82, 2.24) is 0 Å². The van der Waals surface area contributed by atoms with Gasteiger partial charge in [0, 0.05) is 29.3 Å². The number of allylic oxidation sites excluding steroid dienone is 7. The van der Waals surface area contributed by atoms with Crippen molar-refractivity contribution in [3.05, 3.63) is 101 Å². The highest BCUT2D eigenvalue weighted by Crippen LogP contribution is 2.48. The van der Waals surface area contributed by atoms with Gasteiger partial charge in [0.05, 0.1) is 14.2 Å². The summed E-state index contributed by atoms with van der Waals surface area (Å²) in [6.07, 6.45) is 10.5. The molecule has 0 aromatic heterocycles. The number of aryl methyl sites for hydroxylation is 1. The molecule has 0 unspecified atom stereocenters. The molecule has 3 heteroatoms. The number of hydrogen-bond acceptors (Lipinski definition) is 3. The molecule has 1 heterocycles. The fourth-order valence-electron chi connectivity index (χ4n) is 4.61. The molecular formula is C30H37NO2. The molecule has 0 atom stereocenters. The summed E-state index contributed by atoms with van der Waals surface area (Å²) in [5, 5.41) is 0. The summed E-state index contributed by atoms with van der Waals surface area (Å²) in [4.78, 5) is 2.26. The summed E-state index contributed by atoms with van der Waals surface area (Å²) in [5.74, 6) is 1.76. The molecule has 0 spiro atoms. The van der Waals surface area contributed by atoms with Crippen molar-refractivity contribution in [2.24, 2.45) is 0 Å². The van der Waals surface area contributed by atoms with Crippen LogP contribution in [0.2, 0.25) is 0 Å². The number of ether oxygens (including phenoxy) is 2. The Morgan fingerprint density at radius 1 is 0.970 bits per heavy atom. The molecule has 0 bridgehead atoms. The van der Waals surface area contributed by atoms with Gasteiger partial charge in [-0.05, 0) is 65.6 Å². The molecule has 0 saturated heterocycles. The van der Waals surface area contributed by atoms with Gasteiger partial charge in [-0.1, -0.05) is 64.6 Å². The molecule has 0 fully saturated rings. The number of fused-ring (bicyclic) bond motifs is 1. The predicted octanol–water partition coefficient (Wildman–Crippen LogP) is 7.27. The number of anilines is 1. The molecule has 2 aromatic carbocycles. The van der Waals surface area contributed by atoms with Gasteiger partial charge in [0.1, 0.15) is 11.5 Å². The second kappa shape index (κ2) is 9.35. The Morgan fingerprint density at radius 2 is 1.61 bits per heavy atom. The molecule has 0 radical (unpaired) electrons. The van der Waals surface area contributed by atoms with Crippen LogP contribution in [0.1, 0.15) is 44.4 Å². The minimum absolute atomic E-state index is 0.0951. The van der Waals surface area contributed by atoms with E-state index in [0.717, 1.165) is 17.1 Å². The lowest BCUT2D eigenvalue weighted by atomic mass is 9.76. The maximum atomic E-state index is 5.44. The summed E-state index contributed by atoms with van der Waals surface area (Å²) >= 11 is 0. The van der Waals surface area contributed by atoms with E-state index in [0.29, 0.717) is 0 Å². The largest absolute Gasteiger partial charge is 0.497 e. The van der Waals surface area contributed by atoms with E-state index in [9.17, 15) is 0 Å². The van der Waals surface area contributed by atoms with Crippen LogP contribution in [0.5, 0.6) is 11.5 Å². The highest BCUT2D eigenvalue weighted by atomic mass is 16.5. The van der Waals surface area contributed by atoms with Crippen LogP contribution in [-0.2, 0) is 10.8 Å². The molecule has 174 valence electrons. The van der Waals surface area contributed by atoms with E-state index in [-0.39, 0.29) is 10.8 Å². The Balaban J connectivity index is 1.77. The number of hydrogen-bond donors (Lipinski definition) is 0. The van der Waals surface area contributed by atoms with Crippen LogP contribution >= 0.6 is 0 Å². The molecule has 3 nitrogen and oxygen atoms in total. The van der Waals surface area contributed by atoms with Crippen LogP contribution in [-0.4, -0.2) is 21.3 Å². The van der Waals surface area contributed by atoms with Crippen molar-refractivity contribution in [3.63, 3.8) is 0 Å². The van der Waals surface area contributed by atoms with Gasteiger partial charge in [-0.15, -0.1) is 0 Å². The molecular weight excluding hydrogens is 406 g/mol. The maximum absolute atomic E-state index is 5.44. The van der Waals surface area contributed by atoms with E-state index in [2.05, 4.69) is 108 Å². The number of rotatable bonds is 7. The Morgan fingerprint density at radius 3 is 2.27 bits per heavy atom. The number of nitrogens with zero attached hydrogens (tertiary/aromatic N) is 1. The Bertz CT molecular complexity index is 1130. The van der Waals surface area contributed by atoms with E-state index in [4.69, 9.17) is 9.47 Å². The third-order valence-electron chi connectivity index (χ3n) is 6.93. The van der Waals surface area contributed by atoms with Gasteiger partial charge in [-0.3, -0.25) is 0 Å². The number of benzene rings is 2. The lowest BCUT2D eigenvalue weighted by Crippen LogP contribution is -2.22.